The molecule has 0 radical (unpaired) electrons. The van der Waals surface area contributed by atoms with Gasteiger partial charge >= 0.3 is 0 Å². The van der Waals surface area contributed by atoms with Gasteiger partial charge in [-0.1, -0.05) is 39.0 Å². The van der Waals surface area contributed by atoms with Crippen LogP contribution in [-0.4, -0.2) is 12.6 Å². The van der Waals surface area contributed by atoms with Crippen molar-refractivity contribution >= 4 is 5.69 Å². The molecule has 0 amide bonds. The van der Waals surface area contributed by atoms with Gasteiger partial charge < -0.3 is 11.1 Å². The average molecular weight is 192 g/mol. The smallest absolute Gasteiger partial charge is 0.0432 e. The zero-order valence-corrected chi connectivity index (χ0v) is 9.25. The fourth-order valence-corrected chi connectivity index (χ4v) is 1.36. The third-order valence-corrected chi connectivity index (χ3v) is 2.40. The van der Waals surface area contributed by atoms with Crippen molar-refractivity contribution in [3.05, 3.63) is 30.3 Å². The molecule has 0 saturated carbocycles. The molecule has 0 fully saturated rings. The first-order valence-electron chi connectivity index (χ1n) is 5.05. The number of benzene rings is 1. The molecular formula is C12H20N2. The summed E-state index contributed by atoms with van der Waals surface area (Å²) in [4.78, 5) is 0. The Balaban J connectivity index is 2.67. The Morgan fingerprint density at radius 1 is 1.21 bits per heavy atom. The molecule has 1 rings (SSSR count). The van der Waals surface area contributed by atoms with E-state index in [2.05, 4.69) is 38.2 Å². The van der Waals surface area contributed by atoms with Crippen LogP contribution < -0.4 is 11.1 Å². The molecule has 0 aliphatic rings. The van der Waals surface area contributed by atoms with Gasteiger partial charge in [0, 0.05) is 18.3 Å². The van der Waals surface area contributed by atoms with Crippen LogP contribution in [0.3, 0.4) is 0 Å². The summed E-state index contributed by atoms with van der Waals surface area (Å²) in [6, 6.07) is 10.5. The second kappa shape index (κ2) is 4.47. The average Bonchev–Trinajstić information content (AvgIpc) is 2.14. The number of nitrogens with one attached hydrogen (secondary N) is 1. The molecule has 1 atom stereocenters. The van der Waals surface area contributed by atoms with E-state index in [4.69, 9.17) is 5.73 Å². The Kier molecular flexibility index (Phi) is 3.53. The molecular weight excluding hydrogens is 172 g/mol. The Labute approximate surface area is 86.5 Å². The summed E-state index contributed by atoms with van der Waals surface area (Å²) in [6.07, 6.45) is 0. The quantitative estimate of drug-likeness (QED) is 0.772. The number of rotatable bonds is 3. The van der Waals surface area contributed by atoms with Gasteiger partial charge in [-0.25, -0.2) is 0 Å². The summed E-state index contributed by atoms with van der Waals surface area (Å²) >= 11 is 0. The molecule has 0 spiro atoms. The van der Waals surface area contributed by atoms with Gasteiger partial charge in [-0.15, -0.1) is 0 Å². The standard InChI is InChI=1S/C12H20N2/c1-12(2,3)11(9-13)14-10-7-5-4-6-8-10/h4-8,11,14H,9,13H2,1-3H3. The Morgan fingerprint density at radius 3 is 2.21 bits per heavy atom. The SMILES string of the molecule is CC(C)(C)C(CN)Nc1ccccc1. The predicted molar refractivity (Wildman–Crippen MR) is 62.4 cm³/mol. The van der Waals surface area contributed by atoms with E-state index in [0.717, 1.165) is 5.69 Å². The number of hydrogen-bond donors (Lipinski definition) is 2. The summed E-state index contributed by atoms with van der Waals surface area (Å²) in [5, 5.41) is 3.44. The maximum Gasteiger partial charge on any atom is 0.0432 e. The lowest BCUT2D eigenvalue weighted by molar-refractivity contribution is 0.346. The summed E-state index contributed by atoms with van der Waals surface area (Å²) in [7, 11) is 0. The number of nitrogens with two attached hydrogens (primary N) is 1. The van der Waals surface area contributed by atoms with Crippen molar-refractivity contribution in [2.24, 2.45) is 11.1 Å². The lowest BCUT2D eigenvalue weighted by Crippen LogP contribution is -2.40. The van der Waals surface area contributed by atoms with E-state index in [1.165, 1.54) is 0 Å². The van der Waals surface area contributed by atoms with Crippen molar-refractivity contribution in [3.8, 4) is 0 Å². The molecule has 14 heavy (non-hydrogen) atoms. The van der Waals surface area contributed by atoms with Crippen molar-refractivity contribution in [2.45, 2.75) is 26.8 Å². The lowest BCUT2D eigenvalue weighted by Gasteiger charge is -2.31. The Bertz CT molecular complexity index is 261. The van der Waals surface area contributed by atoms with Crippen molar-refractivity contribution in [1.82, 2.24) is 0 Å². The Morgan fingerprint density at radius 2 is 1.79 bits per heavy atom. The number of para-hydroxylation sites is 1. The van der Waals surface area contributed by atoms with E-state index in [-0.39, 0.29) is 5.41 Å². The molecule has 0 aliphatic carbocycles. The minimum absolute atomic E-state index is 0.185. The molecule has 0 saturated heterocycles. The summed E-state index contributed by atoms with van der Waals surface area (Å²) in [5.41, 5.74) is 7.07. The molecule has 3 N–H and O–H groups in total. The van der Waals surface area contributed by atoms with Crippen LogP contribution in [0.2, 0.25) is 0 Å². The lowest BCUT2D eigenvalue weighted by atomic mass is 9.86. The predicted octanol–water partition coefficient (Wildman–Crippen LogP) is 2.47. The van der Waals surface area contributed by atoms with Gasteiger partial charge in [0.2, 0.25) is 0 Å². The van der Waals surface area contributed by atoms with E-state index in [1.54, 1.807) is 0 Å². The van der Waals surface area contributed by atoms with E-state index < -0.39 is 0 Å². The minimum Gasteiger partial charge on any atom is -0.381 e. The highest BCUT2D eigenvalue weighted by Gasteiger charge is 2.22. The second-order valence-corrected chi connectivity index (χ2v) is 4.66. The molecule has 1 aromatic carbocycles. The normalized spacial score (nSPS) is 13.7. The van der Waals surface area contributed by atoms with E-state index in [1.807, 2.05) is 18.2 Å². The van der Waals surface area contributed by atoms with Crippen LogP contribution in [0.1, 0.15) is 20.8 Å². The van der Waals surface area contributed by atoms with Gasteiger partial charge in [0.1, 0.15) is 0 Å². The van der Waals surface area contributed by atoms with E-state index in [0.29, 0.717) is 12.6 Å². The van der Waals surface area contributed by atoms with Crippen molar-refractivity contribution in [2.75, 3.05) is 11.9 Å². The van der Waals surface area contributed by atoms with Crippen molar-refractivity contribution < 1.29 is 0 Å². The van der Waals surface area contributed by atoms with Gasteiger partial charge in [-0.05, 0) is 17.5 Å². The first kappa shape index (κ1) is 11.1. The van der Waals surface area contributed by atoms with E-state index in [9.17, 15) is 0 Å². The van der Waals surface area contributed by atoms with Crippen LogP contribution in [-0.2, 0) is 0 Å². The van der Waals surface area contributed by atoms with Crippen LogP contribution >= 0.6 is 0 Å². The van der Waals surface area contributed by atoms with Crippen LogP contribution in [0.4, 0.5) is 5.69 Å². The second-order valence-electron chi connectivity index (χ2n) is 4.66. The molecule has 0 bridgehead atoms. The third kappa shape index (κ3) is 3.04. The van der Waals surface area contributed by atoms with Gasteiger partial charge in [0.15, 0.2) is 0 Å². The first-order valence-corrected chi connectivity index (χ1v) is 5.05. The van der Waals surface area contributed by atoms with Gasteiger partial charge in [-0.2, -0.15) is 0 Å². The monoisotopic (exact) mass is 192 g/mol. The van der Waals surface area contributed by atoms with Gasteiger partial charge in [0.05, 0.1) is 0 Å². The third-order valence-electron chi connectivity index (χ3n) is 2.40. The molecule has 2 nitrogen and oxygen atoms in total. The maximum absolute atomic E-state index is 5.74. The Hall–Kier alpha value is -1.02. The van der Waals surface area contributed by atoms with Crippen molar-refractivity contribution in [1.29, 1.82) is 0 Å². The molecule has 2 heteroatoms. The highest BCUT2D eigenvalue weighted by Crippen LogP contribution is 2.22. The molecule has 1 unspecified atom stereocenters. The molecule has 0 heterocycles. The first-order chi connectivity index (χ1) is 6.54. The van der Waals surface area contributed by atoms with Crippen LogP contribution in [0.15, 0.2) is 30.3 Å². The summed E-state index contributed by atoms with van der Waals surface area (Å²) < 4.78 is 0. The van der Waals surface area contributed by atoms with Crippen LogP contribution in [0.5, 0.6) is 0 Å². The van der Waals surface area contributed by atoms with E-state index >= 15 is 0 Å². The highest BCUT2D eigenvalue weighted by atomic mass is 15.0. The van der Waals surface area contributed by atoms with Crippen LogP contribution in [0, 0.1) is 5.41 Å². The topological polar surface area (TPSA) is 38.0 Å². The number of anilines is 1. The fourth-order valence-electron chi connectivity index (χ4n) is 1.36. The minimum atomic E-state index is 0.185. The van der Waals surface area contributed by atoms with Gasteiger partial charge in [0.25, 0.3) is 0 Å². The molecule has 0 aliphatic heterocycles. The zero-order chi connectivity index (χ0) is 10.6. The summed E-state index contributed by atoms with van der Waals surface area (Å²) in [6.45, 7) is 7.24. The van der Waals surface area contributed by atoms with Crippen molar-refractivity contribution in [3.63, 3.8) is 0 Å². The zero-order valence-electron chi connectivity index (χ0n) is 9.25. The van der Waals surface area contributed by atoms with Crippen LogP contribution in [0.25, 0.3) is 0 Å². The molecule has 1 aromatic rings. The molecule has 78 valence electrons. The highest BCUT2D eigenvalue weighted by molar-refractivity contribution is 5.43. The summed E-state index contributed by atoms with van der Waals surface area (Å²) in [5.74, 6) is 0. The number of hydrogen-bond acceptors (Lipinski definition) is 2. The van der Waals surface area contributed by atoms with Gasteiger partial charge in [-0.3, -0.25) is 0 Å². The largest absolute Gasteiger partial charge is 0.381 e. The maximum atomic E-state index is 5.74. The molecule has 0 aromatic heterocycles. The fraction of sp³-hybridized carbons (Fsp3) is 0.500.